The summed E-state index contributed by atoms with van der Waals surface area (Å²) in [5.41, 5.74) is 1.34. The quantitative estimate of drug-likeness (QED) is 0.828. The minimum Gasteiger partial charge on any atom is -0.481 e. The first-order chi connectivity index (χ1) is 9.24. The highest BCUT2D eigenvalue weighted by molar-refractivity contribution is 5.97. The number of carbonyl (C=O) groups excluding carboxylic acids is 1. The van der Waals surface area contributed by atoms with Gasteiger partial charge < -0.3 is 4.74 Å². The van der Waals surface area contributed by atoms with Crippen LogP contribution in [-0.2, 0) is 11.3 Å². The van der Waals surface area contributed by atoms with E-state index in [0.717, 1.165) is 5.69 Å². The molecule has 0 N–H and O–H groups in total. The smallest absolute Gasteiger partial charge is 0.265 e. The third kappa shape index (κ3) is 2.27. The Morgan fingerprint density at radius 1 is 1.32 bits per heavy atom. The number of nitrogens with zero attached hydrogens (tertiary/aromatic N) is 2. The Morgan fingerprint density at radius 3 is 3.00 bits per heavy atom. The van der Waals surface area contributed by atoms with Gasteiger partial charge in [-0.1, -0.05) is 6.07 Å². The lowest BCUT2D eigenvalue weighted by Crippen LogP contribution is -2.38. The summed E-state index contributed by atoms with van der Waals surface area (Å²) in [6.45, 7) is 0.269. The zero-order valence-corrected chi connectivity index (χ0v) is 10.0. The number of ether oxygens (including phenoxy) is 1. The molecule has 1 aliphatic rings. The van der Waals surface area contributed by atoms with Crippen molar-refractivity contribution in [2.45, 2.75) is 6.54 Å². The summed E-state index contributed by atoms with van der Waals surface area (Å²) in [5.74, 6) is -0.161. The molecule has 0 atom stereocenters. The van der Waals surface area contributed by atoms with E-state index in [1.54, 1.807) is 17.2 Å². The Morgan fingerprint density at radius 2 is 2.21 bits per heavy atom. The minimum absolute atomic E-state index is 0.0801. The van der Waals surface area contributed by atoms with Crippen LogP contribution in [0.2, 0.25) is 0 Å². The normalized spacial score (nSPS) is 13.9. The van der Waals surface area contributed by atoms with Crippen LogP contribution in [0.4, 0.5) is 10.1 Å². The molecule has 4 nitrogen and oxygen atoms in total. The third-order valence-corrected chi connectivity index (χ3v) is 2.91. The zero-order valence-electron chi connectivity index (χ0n) is 10.0. The Labute approximate surface area is 109 Å². The van der Waals surface area contributed by atoms with Crippen LogP contribution in [0, 0.1) is 5.82 Å². The highest BCUT2D eigenvalue weighted by atomic mass is 19.1. The van der Waals surface area contributed by atoms with Crippen molar-refractivity contribution in [2.75, 3.05) is 11.5 Å². The SMILES string of the molecule is O=C1COc2cc(F)ccc2N1Cc1ccccn1. The van der Waals surface area contributed by atoms with Gasteiger partial charge in [-0.15, -0.1) is 0 Å². The van der Waals surface area contributed by atoms with E-state index in [0.29, 0.717) is 18.0 Å². The van der Waals surface area contributed by atoms with E-state index in [1.165, 1.54) is 12.1 Å². The van der Waals surface area contributed by atoms with Crippen molar-refractivity contribution < 1.29 is 13.9 Å². The van der Waals surface area contributed by atoms with Gasteiger partial charge in [0.05, 0.1) is 17.9 Å². The van der Waals surface area contributed by atoms with E-state index >= 15 is 0 Å². The summed E-state index contributed by atoms with van der Waals surface area (Å²) in [7, 11) is 0. The molecule has 2 heterocycles. The maximum absolute atomic E-state index is 13.1. The van der Waals surface area contributed by atoms with Crippen molar-refractivity contribution in [1.29, 1.82) is 0 Å². The number of halogens is 1. The molecule has 0 aliphatic carbocycles. The molecule has 19 heavy (non-hydrogen) atoms. The molecule has 0 spiro atoms. The van der Waals surface area contributed by atoms with Crippen molar-refractivity contribution in [3.63, 3.8) is 0 Å². The zero-order chi connectivity index (χ0) is 13.2. The van der Waals surface area contributed by atoms with Gasteiger partial charge in [0.15, 0.2) is 6.61 Å². The third-order valence-electron chi connectivity index (χ3n) is 2.91. The van der Waals surface area contributed by atoms with Crippen molar-refractivity contribution in [1.82, 2.24) is 4.98 Å². The lowest BCUT2D eigenvalue weighted by atomic mass is 10.2. The van der Waals surface area contributed by atoms with Gasteiger partial charge in [-0.2, -0.15) is 0 Å². The molecule has 0 saturated carbocycles. The molecule has 0 fully saturated rings. The number of pyridine rings is 1. The number of anilines is 1. The van der Waals surface area contributed by atoms with Crippen molar-refractivity contribution >= 4 is 11.6 Å². The van der Waals surface area contributed by atoms with Crippen LogP contribution in [0.3, 0.4) is 0 Å². The first-order valence-electron chi connectivity index (χ1n) is 5.86. The average molecular weight is 258 g/mol. The molecule has 2 aromatic rings. The lowest BCUT2D eigenvalue weighted by Gasteiger charge is -2.29. The molecule has 96 valence electrons. The Hall–Kier alpha value is -2.43. The maximum Gasteiger partial charge on any atom is 0.265 e. The van der Waals surface area contributed by atoms with Crippen LogP contribution in [0.25, 0.3) is 0 Å². The van der Waals surface area contributed by atoms with Gasteiger partial charge in [0.1, 0.15) is 11.6 Å². The Balaban J connectivity index is 1.95. The largest absolute Gasteiger partial charge is 0.481 e. The van der Waals surface area contributed by atoms with Crippen molar-refractivity contribution in [2.24, 2.45) is 0 Å². The summed E-state index contributed by atoms with van der Waals surface area (Å²) in [6.07, 6.45) is 1.67. The number of fused-ring (bicyclic) bond motifs is 1. The predicted octanol–water partition coefficient (Wildman–Crippen LogP) is 2.15. The van der Waals surface area contributed by atoms with Crippen LogP contribution in [0.5, 0.6) is 5.75 Å². The van der Waals surface area contributed by atoms with Crippen molar-refractivity contribution in [3.8, 4) is 5.75 Å². The first kappa shape index (κ1) is 11.6. The summed E-state index contributed by atoms with van der Waals surface area (Å²) >= 11 is 0. The highest BCUT2D eigenvalue weighted by Gasteiger charge is 2.26. The average Bonchev–Trinajstić information content (AvgIpc) is 2.43. The van der Waals surface area contributed by atoms with Gasteiger partial charge in [-0.05, 0) is 24.3 Å². The van der Waals surface area contributed by atoms with E-state index in [9.17, 15) is 9.18 Å². The van der Waals surface area contributed by atoms with E-state index < -0.39 is 0 Å². The van der Waals surface area contributed by atoms with Crippen molar-refractivity contribution in [3.05, 3.63) is 54.1 Å². The van der Waals surface area contributed by atoms with Crippen LogP contribution in [0.15, 0.2) is 42.6 Å². The summed E-state index contributed by atoms with van der Waals surface area (Å²) in [4.78, 5) is 17.7. The van der Waals surface area contributed by atoms with Crippen LogP contribution >= 0.6 is 0 Å². The van der Waals surface area contributed by atoms with E-state index in [2.05, 4.69) is 4.98 Å². The molecule has 1 aliphatic heterocycles. The molecule has 5 heteroatoms. The number of carbonyl (C=O) groups is 1. The maximum atomic E-state index is 13.1. The first-order valence-corrected chi connectivity index (χ1v) is 5.86. The molecular weight excluding hydrogens is 247 g/mol. The summed E-state index contributed by atoms with van der Waals surface area (Å²) in [5, 5.41) is 0. The van der Waals surface area contributed by atoms with Crippen LogP contribution in [-0.4, -0.2) is 17.5 Å². The molecule has 0 bridgehead atoms. The van der Waals surface area contributed by atoms with E-state index in [1.807, 2.05) is 18.2 Å². The van der Waals surface area contributed by atoms with E-state index in [-0.39, 0.29) is 18.3 Å². The second-order valence-electron chi connectivity index (χ2n) is 4.20. The van der Waals surface area contributed by atoms with E-state index in [4.69, 9.17) is 4.74 Å². The number of benzene rings is 1. The summed E-state index contributed by atoms with van der Waals surface area (Å²) < 4.78 is 18.4. The molecule has 1 aromatic heterocycles. The molecule has 0 unspecified atom stereocenters. The highest BCUT2D eigenvalue weighted by Crippen LogP contribution is 2.33. The second-order valence-corrected chi connectivity index (χ2v) is 4.20. The van der Waals surface area contributed by atoms with Gasteiger partial charge >= 0.3 is 0 Å². The Bertz CT molecular complexity index is 616. The number of rotatable bonds is 2. The molecular formula is C14H11FN2O2. The fraction of sp³-hybridized carbons (Fsp3) is 0.143. The van der Waals surface area contributed by atoms with Crippen LogP contribution in [0.1, 0.15) is 5.69 Å². The topological polar surface area (TPSA) is 42.4 Å². The summed E-state index contributed by atoms with van der Waals surface area (Å²) in [6, 6.07) is 9.66. The molecule has 0 radical (unpaired) electrons. The fourth-order valence-electron chi connectivity index (χ4n) is 2.01. The molecule has 3 rings (SSSR count). The second kappa shape index (κ2) is 4.68. The predicted molar refractivity (Wildman–Crippen MR) is 67.3 cm³/mol. The van der Waals surface area contributed by atoms with Gasteiger partial charge in [0, 0.05) is 12.3 Å². The Kier molecular flexibility index (Phi) is 2.87. The fourth-order valence-corrected chi connectivity index (χ4v) is 2.01. The van der Waals surface area contributed by atoms with Gasteiger partial charge in [-0.25, -0.2) is 4.39 Å². The standard InChI is InChI=1S/C14H11FN2O2/c15-10-4-5-12-13(7-10)19-9-14(18)17(12)8-11-3-1-2-6-16-11/h1-7H,8-9H2. The minimum atomic E-state index is -0.383. The molecule has 0 saturated heterocycles. The number of hydrogen-bond acceptors (Lipinski definition) is 3. The number of amides is 1. The van der Waals surface area contributed by atoms with Crippen LogP contribution < -0.4 is 9.64 Å². The molecule has 1 amide bonds. The van der Waals surface area contributed by atoms with Gasteiger partial charge in [0.2, 0.25) is 0 Å². The number of hydrogen-bond donors (Lipinski definition) is 0. The number of aromatic nitrogens is 1. The lowest BCUT2D eigenvalue weighted by molar-refractivity contribution is -0.121. The molecule has 1 aromatic carbocycles. The van der Waals surface area contributed by atoms with Gasteiger partial charge in [0.25, 0.3) is 5.91 Å². The monoisotopic (exact) mass is 258 g/mol. The van der Waals surface area contributed by atoms with Gasteiger partial charge in [-0.3, -0.25) is 14.7 Å².